The van der Waals surface area contributed by atoms with Gasteiger partial charge < -0.3 is 10.6 Å². The van der Waals surface area contributed by atoms with Crippen LogP contribution in [0.3, 0.4) is 0 Å². The van der Waals surface area contributed by atoms with Gasteiger partial charge in [0.2, 0.25) is 0 Å². The Balaban J connectivity index is 1.95. The highest BCUT2D eigenvalue weighted by Crippen LogP contribution is 2.35. The lowest BCUT2D eigenvalue weighted by Crippen LogP contribution is -2.29. The van der Waals surface area contributed by atoms with Gasteiger partial charge in [-0.2, -0.15) is 13.2 Å². The van der Waals surface area contributed by atoms with Crippen molar-refractivity contribution in [2.45, 2.75) is 25.1 Å². The number of alkyl halides is 3. The Kier molecular flexibility index (Phi) is 4.42. The number of pyridine rings is 1. The van der Waals surface area contributed by atoms with E-state index in [0.29, 0.717) is 19.4 Å². The predicted molar refractivity (Wildman–Crippen MR) is 79.0 cm³/mol. The van der Waals surface area contributed by atoms with Crippen LogP contribution in [0.1, 0.15) is 23.0 Å². The quantitative estimate of drug-likeness (QED) is 0.907. The van der Waals surface area contributed by atoms with Gasteiger partial charge in [0, 0.05) is 24.7 Å². The maximum atomic E-state index is 13.4. The lowest BCUT2D eigenvalue weighted by molar-refractivity contribution is -0.144. The number of aromatic nitrogens is 3. The zero-order valence-electron chi connectivity index (χ0n) is 12.3. The first-order chi connectivity index (χ1) is 11.1. The van der Waals surface area contributed by atoms with Crippen molar-refractivity contribution in [1.29, 1.82) is 0 Å². The van der Waals surface area contributed by atoms with Crippen LogP contribution in [-0.2, 0) is 12.8 Å². The highest BCUT2D eigenvalue weighted by Gasteiger charge is 2.42. The molecular weight excluding hydrogens is 307 g/mol. The second kappa shape index (κ2) is 6.49. The SMILES string of the molecule is FC(F)(F)C(Nc1ncnc2c1CCNCC2)c1ccccn1. The zero-order chi connectivity index (χ0) is 16.3. The van der Waals surface area contributed by atoms with E-state index in [1.807, 2.05) is 0 Å². The van der Waals surface area contributed by atoms with Crippen LogP contribution in [0.2, 0.25) is 0 Å². The third-order valence-corrected chi connectivity index (χ3v) is 3.72. The van der Waals surface area contributed by atoms with Crippen LogP contribution >= 0.6 is 0 Å². The minimum absolute atomic E-state index is 0.0842. The molecule has 2 aromatic rings. The summed E-state index contributed by atoms with van der Waals surface area (Å²) >= 11 is 0. The van der Waals surface area contributed by atoms with Gasteiger partial charge in [-0.15, -0.1) is 0 Å². The second-order valence-corrected chi connectivity index (χ2v) is 5.27. The second-order valence-electron chi connectivity index (χ2n) is 5.27. The van der Waals surface area contributed by atoms with E-state index < -0.39 is 12.2 Å². The fourth-order valence-electron chi connectivity index (χ4n) is 2.60. The van der Waals surface area contributed by atoms with Gasteiger partial charge in [-0.25, -0.2) is 9.97 Å². The van der Waals surface area contributed by atoms with Crippen molar-refractivity contribution in [3.8, 4) is 0 Å². The molecule has 3 rings (SSSR count). The summed E-state index contributed by atoms with van der Waals surface area (Å²) in [5.74, 6) is 0.228. The topological polar surface area (TPSA) is 62.7 Å². The molecular formula is C15H16F3N5. The van der Waals surface area contributed by atoms with Crippen LogP contribution in [0, 0.1) is 0 Å². The Morgan fingerprint density at radius 1 is 1.09 bits per heavy atom. The average Bonchev–Trinajstić information content (AvgIpc) is 2.78. The molecule has 0 saturated carbocycles. The van der Waals surface area contributed by atoms with Crippen molar-refractivity contribution < 1.29 is 13.2 Å². The Bertz CT molecular complexity index is 660. The number of nitrogens with zero attached hydrogens (tertiary/aromatic N) is 3. The maximum absolute atomic E-state index is 13.4. The van der Waals surface area contributed by atoms with E-state index >= 15 is 0 Å². The van der Waals surface area contributed by atoms with E-state index in [-0.39, 0.29) is 11.5 Å². The summed E-state index contributed by atoms with van der Waals surface area (Å²) in [7, 11) is 0. The van der Waals surface area contributed by atoms with E-state index in [9.17, 15) is 13.2 Å². The molecule has 122 valence electrons. The predicted octanol–water partition coefficient (Wildman–Crippen LogP) is 2.28. The van der Waals surface area contributed by atoms with Crippen molar-refractivity contribution in [3.63, 3.8) is 0 Å². The van der Waals surface area contributed by atoms with Crippen LogP contribution in [-0.4, -0.2) is 34.2 Å². The molecule has 1 aliphatic rings. The Hall–Kier alpha value is -2.22. The molecule has 2 N–H and O–H groups in total. The zero-order valence-corrected chi connectivity index (χ0v) is 12.3. The van der Waals surface area contributed by atoms with Gasteiger partial charge in [-0.3, -0.25) is 4.98 Å². The molecule has 23 heavy (non-hydrogen) atoms. The van der Waals surface area contributed by atoms with Crippen molar-refractivity contribution in [2.75, 3.05) is 18.4 Å². The van der Waals surface area contributed by atoms with Crippen LogP contribution in [0.25, 0.3) is 0 Å². The molecule has 2 aromatic heterocycles. The lowest BCUT2D eigenvalue weighted by Gasteiger charge is -2.23. The van der Waals surface area contributed by atoms with Crippen LogP contribution in [0.15, 0.2) is 30.7 Å². The molecule has 3 heterocycles. The Morgan fingerprint density at radius 3 is 2.65 bits per heavy atom. The largest absolute Gasteiger partial charge is 0.414 e. The molecule has 0 fully saturated rings. The molecule has 0 aliphatic carbocycles. The minimum atomic E-state index is -4.48. The average molecular weight is 323 g/mol. The van der Waals surface area contributed by atoms with E-state index in [1.165, 1.54) is 24.7 Å². The molecule has 1 unspecified atom stereocenters. The Morgan fingerprint density at radius 2 is 1.91 bits per heavy atom. The molecule has 0 aromatic carbocycles. The number of rotatable bonds is 3. The van der Waals surface area contributed by atoms with E-state index in [1.54, 1.807) is 6.07 Å². The fraction of sp³-hybridized carbons (Fsp3) is 0.400. The first kappa shape index (κ1) is 15.7. The summed E-state index contributed by atoms with van der Waals surface area (Å²) in [6.07, 6.45) is -0.564. The number of halogens is 3. The van der Waals surface area contributed by atoms with Crippen molar-refractivity contribution in [1.82, 2.24) is 20.3 Å². The van der Waals surface area contributed by atoms with E-state index in [0.717, 1.165) is 17.8 Å². The Labute approximate surface area is 131 Å². The molecule has 0 saturated heterocycles. The highest BCUT2D eigenvalue weighted by molar-refractivity contribution is 5.48. The van der Waals surface area contributed by atoms with Crippen molar-refractivity contribution in [3.05, 3.63) is 47.7 Å². The van der Waals surface area contributed by atoms with Crippen LogP contribution < -0.4 is 10.6 Å². The molecule has 8 heteroatoms. The molecule has 1 aliphatic heterocycles. The number of hydrogen-bond donors (Lipinski definition) is 2. The first-order valence-corrected chi connectivity index (χ1v) is 7.33. The summed E-state index contributed by atoms with van der Waals surface area (Å²) in [5, 5.41) is 5.73. The molecule has 1 atom stereocenters. The molecule has 0 radical (unpaired) electrons. The molecule has 0 amide bonds. The number of anilines is 1. The number of hydrogen-bond acceptors (Lipinski definition) is 5. The lowest BCUT2D eigenvalue weighted by atomic mass is 10.1. The van der Waals surface area contributed by atoms with Gasteiger partial charge in [0.15, 0.2) is 6.04 Å². The van der Waals surface area contributed by atoms with Crippen molar-refractivity contribution in [2.24, 2.45) is 0 Å². The third-order valence-electron chi connectivity index (χ3n) is 3.72. The maximum Gasteiger partial charge on any atom is 0.414 e. The van der Waals surface area contributed by atoms with Crippen molar-refractivity contribution >= 4 is 5.82 Å². The summed E-state index contributed by atoms with van der Waals surface area (Å²) in [6, 6.07) is 2.57. The fourth-order valence-corrected chi connectivity index (χ4v) is 2.60. The van der Waals surface area contributed by atoms with E-state index in [4.69, 9.17) is 0 Å². The first-order valence-electron chi connectivity index (χ1n) is 7.33. The monoisotopic (exact) mass is 323 g/mol. The standard InChI is InChI=1S/C15H16F3N5/c16-15(17,18)13(12-3-1-2-6-20-12)23-14-10-4-7-19-8-5-11(10)21-9-22-14/h1-3,6,9,13,19H,4-5,7-8H2,(H,21,22,23). The summed E-state index contributed by atoms with van der Waals surface area (Å²) < 4.78 is 40.3. The number of nitrogens with one attached hydrogen (secondary N) is 2. The van der Waals surface area contributed by atoms with Gasteiger partial charge in [-0.1, -0.05) is 6.07 Å². The summed E-state index contributed by atoms with van der Waals surface area (Å²) in [6.45, 7) is 1.45. The minimum Gasteiger partial charge on any atom is -0.353 e. The van der Waals surface area contributed by atoms with Gasteiger partial charge in [0.25, 0.3) is 0 Å². The molecule has 0 bridgehead atoms. The van der Waals surface area contributed by atoms with Crippen LogP contribution in [0.4, 0.5) is 19.0 Å². The van der Waals surface area contributed by atoms with Gasteiger partial charge in [0.1, 0.15) is 12.1 Å². The van der Waals surface area contributed by atoms with Gasteiger partial charge in [0.05, 0.1) is 11.4 Å². The smallest absolute Gasteiger partial charge is 0.353 e. The van der Waals surface area contributed by atoms with Gasteiger partial charge in [-0.05, 0) is 25.1 Å². The number of fused-ring (bicyclic) bond motifs is 1. The molecule has 5 nitrogen and oxygen atoms in total. The van der Waals surface area contributed by atoms with Crippen LogP contribution in [0.5, 0.6) is 0 Å². The van der Waals surface area contributed by atoms with Gasteiger partial charge >= 0.3 is 6.18 Å². The summed E-state index contributed by atoms with van der Waals surface area (Å²) in [4.78, 5) is 12.1. The summed E-state index contributed by atoms with van der Waals surface area (Å²) in [5.41, 5.74) is 1.44. The normalized spacial score (nSPS) is 16.3. The third kappa shape index (κ3) is 3.58. The highest BCUT2D eigenvalue weighted by atomic mass is 19.4. The molecule has 0 spiro atoms. The van der Waals surface area contributed by atoms with E-state index in [2.05, 4.69) is 25.6 Å².